The van der Waals surface area contributed by atoms with Gasteiger partial charge in [-0.05, 0) is 25.8 Å². The van der Waals surface area contributed by atoms with Crippen molar-refractivity contribution < 1.29 is 14.3 Å². The summed E-state index contributed by atoms with van der Waals surface area (Å²) in [4.78, 5) is 21.6. The second kappa shape index (κ2) is 9.15. The Morgan fingerprint density at radius 2 is 1.69 bits per heavy atom. The molecule has 0 aromatic heterocycles. The molecule has 0 radical (unpaired) electrons. The molecule has 0 saturated heterocycles. The summed E-state index contributed by atoms with van der Waals surface area (Å²) < 4.78 is 4.81. The number of primary amides is 1. The smallest absolute Gasteiger partial charge is 0.303 e. The molecule has 0 heterocycles. The normalized spacial score (nSPS) is 12.1. The van der Waals surface area contributed by atoms with Crippen LogP contribution in [0.25, 0.3) is 0 Å². The summed E-state index contributed by atoms with van der Waals surface area (Å²) in [5.74, 6) is -1.04. The second-order valence-corrected chi connectivity index (χ2v) is 3.85. The van der Waals surface area contributed by atoms with Crippen LogP contribution in [0.15, 0.2) is 0 Å². The number of hydrogen-bond donors (Lipinski definition) is 2. The standard InChI is InChI=1S/C11H22N2O3/c1-9(14)16-10(11(13)15)7-5-3-2-4-6-8-12/h10H,2-8,12H2,1H3,(H2,13,15). The average molecular weight is 230 g/mol. The topological polar surface area (TPSA) is 95.4 Å². The van der Waals surface area contributed by atoms with Gasteiger partial charge in [-0.2, -0.15) is 0 Å². The van der Waals surface area contributed by atoms with E-state index in [4.69, 9.17) is 16.2 Å². The molecule has 4 N–H and O–H groups in total. The van der Waals surface area contributed by atoms with Crippen molar-refractivity contribution in [3.05, 3.63) is 0 Å². The first-order valence-electron chi connectivity index (χ1n) is 5.74. The molecule has 5 heteroatoms. The van der Waals surface area contributed by atoms with Crippen LogP contribution in [0.1, 0.15) is 45.4 Å². The second-order valence-electron chi connectivity index (χ2n) is 3.85. The quantitative estimate of drug-likeness (QED) is 0.450. The minimum Gasteiger partial charge on any atom is -0.452 e. The summed E-state index contributed by atoms with van der Waals surface area (Å²) in [6.45, 7) is 1.99. The van der Waals surface area contributed by atoms with Crippen LogP contribution in [0.5, 0.6) is 0 Å². The summed E-state index contributed by atoms with van der Waals surface area (Å²) >= 11 is 0. The third-order valence-corrected chi connectivity index (χ3v) is 2.30. The molecule has 1 amide bonds. The summed E-state index contributed by atoms with van der Waals surface area (Å²) in [6, 6.07) is 0. The molecule has 0 aromatic carbocycles. The minimum atomic E-state index is -0.771. The Bertz CT molecular complexity index is 219. The fraction of sp³-hybridized carbons (Fsp3) is 0.818. The molecule has 0 aliphatic heterocycles. The highest BCUT2D eigenvalue weighted by Gasteiger charge is 2.17. The molecule has 16 heavy (non-hydrogen) atoms. The first kappa shape index (κ1) is 14.9. The van der Waals surface area contributed by atoms with Crippen LogP contribution in [0.4, 0.5) is 0 Å². The fourth-order valence-corrected chi connectivity index (χ4v) is 1.46. The molecule has 0 saturated carbocycles. The summed E-state index contributed by atoms with van der Waals surface area (Å²) in [7, 11) is 0. The first-order valence-corrected chi connectivity index (χ1v) is 5.74. The van der Waals surface area contributed by atoms with Gasteiger partial charge in [-0.25, -0.2) is 0 Å². The first-order chi connectivity index (χ1) is 7.57. The molecule has 0 spiro atoms. The van der Waals surface area contributed by atoms with Gasteiger partial charge in [0.15, 0.2) is 6.10 Å². The number of carbonyl (C=O) groups excluding carboxylic acids is 2. The van der Waals surface area contributed by atoms with Gasteiger partial charge in [-0.3, -0.25) is 9.59 Å². The number of unbranched alkanes of at least 4 members (excludes halogenated alkanes) is 4. The van der Waals surface area contributed by atoms with E-state index in [1.807, 2.05) is 0 Å². The summed E-state index contributed by atoms with van der Waals surface area (Å²) in [5.41, 5.74) is 10.5. The highest BCUT2D eigenvalue weighted by atomic mass is 16.5. The van der Waals surface area contributed by atoms with Crippen molar-refractivity contribution in [2.75, 3.05) is 6.54 Å². The van der Waals surface area contributed by atoms with E-state index in [1.54, 1.807) is 0 Å². The zero-order valence-corrected chi connectivity index (χ0v) is 9.91. The van der Waals surface area contributed by atoms with E-state index in [0.29, 0.717) is 6.42 Å². The number of carbonyl (C=O) groups is 2. The van der Waals surface area contributed by atoms with E-state index in [2.05, 4.69) is 0 Å². The van der Waals surface area contributed by atoms with Crippen LogP contribution in [-0.2, 0) is 14.3 Å². The minimum absolute atomic E-state index is 0.466. The highest BCUT2D eigenvalue weighted by Crippen LogP contribution is 2.09. The monoisotopic (exact) mass is 230 g/mol. The Morgan fingerprint density at radius 3 is 2.19 bits per heavy atom. The Labute approximate surface area is 96.5 Å². The van der Waals surface area contributed by atoms with Crippen molar-refractivity contribution in [2.45, 2.75) is 51.6 Å². The molecule has 0 aliphatic rings. The molecule has 5 nitrogen and oxygen atoms in total. The van der Waals surface area contributed by atoms with Crippen LogP contribution < -0.4 is 11.5 Å². The Hall–Kier alpha value is -1.10. The molecule has 0 aliphatic carbocycles. The molecule has 94 valence electrons. The van der Waals surface area contributed by atoms with Gasteiger partial charge in [0.1, 0.15) is 0 Å². The van der Waals surface area contributed by atoms with E-state index in [1.165, 1.54) is 6.92 Å². The van der Waals surface area contributed by atoms with Crippen LogP contribution in [0.3, 0.4) is 0 Å². The maximum atomic E-state index is 10.9. The van der Waals surface area contributed by atoms with E-state index in [-0.39, 0.29) is 0 Å². The molecule has 0 rings (SSSR count). The lowest BCUT2D eigenvalue weighted by molar-refractivity contribution is -0.153. The molecule has 0 aromatic rings. The Kier molecular flexibility index (Phi) is 8.52. The average Bonchev–Trinajstić information content (AvgIpc) is 2.20. The van der Waals surface area contributed by atoms with E-state index < -0.39 is 18.0 Å². The van der Waals surface area contributed by atoms with Crippen LogP contribution >= 0.6 is 0 Å². The van der Waals surface area contributed by atoms with Crippen molar-refractivity contribution in [2.24, 2.45) is 11.5 Å². The van der Waals surface area contributed by atoms with Crippen molar-refractivity contribution in [1.29, 1.82) is 0 Å². The number of hydrogen-bond acceptors (Lipinski definition) is 4. The van der Waals surface area contributed by atoms with Crippen molar-refractivity contribution in [3.8, 4) is 0 Å². The van der Waals surface area contributed by atoms with Crippen molar-refractivity contribution in [3.63, 3.8) is 0 Å². The third kappa shape index (κ3) is 8.23. The van der Waals surface area contributed by atoms with Crippen LogP contribution in [0, 0.1) is 0 Å². The predicted molar refractivity (Wildman–Crippen MR) is 61.5 cm³/mol. The van der Waals surface area contributed by atoms with Crippen molar-refractivity contribution in [1.82, 2.24) is 0 Å². The van der Waals surface area contributed by atoms with Gasteiger partial charge in [0.25, 0.3) is 5.91 Å². The van der Waals surface area contributed by atoms with Gasteiger partial charge in [0.2, 0.25) is 0 Å². The number of amides is 1. The largest absolute Gasteiger partial charge is 0.452 e. The van der Waals surface area contributed by atoms with Gasteiger partial charge in [-0.15, -0.1) is 0 Å². The van der Waals surface area contributed by atoms with Crippen LogP contribution in [-0.4, -0.2) is 24.5 Å². The number of esters is 1. The SMILES string of the molecule is CC(=O)OC(CCCCCCCN)C(N)=O. The highest BCUT2D eigenvalue weighted by molar-refractivity contribution is 5.81. The van der Waals surface area contributed by atoms with Gasteiger partial charge in [0.05, 0.1) is 0 Å². The number of rotatable bonds is 9. The Balaban J connectivity index is 3.60. The molecule has 0 fully saturated rings. The molecular weight excluding hydrogens is 208 g/mol. The van der Waals surface area contributed by atoms with Gasteiger partial charge >= 0.3 is 5.97 Å². The van der Waals surface area contributed by atoms with E-state index in [9.17, 15) is 9.59 Å². The molecule has 1 unspecified atom stereocenters. The molecular formula is C11H22N2O3. The maximum absolute atomic E-state index is 10.9. The maximum Gasteiger partial charge on any atom is 0.303 e. The Morgan fingerprint density at radius 1 is 1.12 bits per heavy atom. The van der Waals surface area contributed by atoms with E-state index in [0.717, 1.165) is 38.6 Å². The molecule has 0 bridgehead atoms. The zero-order valence-electron chi connectivity index (χ0n) is 9.91. The van der Waals surface area contributed by atoms with E-state index >= 15 is 0 Å². The van der Waals surface area contributed by atoms with Crippen molar-refractivity contribution >= 4 is 11.9 Å². The third-order valence-electron chi connectivity index (χ3n) is 2.30. The zero-order chi connectivity index (χ0) is 12.4. The molecule has 1 atom stereocenters. The predicted octanol–water partition coefficient (Wildman–Crippen LogP) is 0.703. The van der Waals surface area contributed by atoms with Gasteiger partial charge in [-0.1, -0.05) is 19.3 Å². The number of ether oxygens (including phenoxy) is 1. The lowest BCUT2D eigenvalue weighted by atomic mass is 10.1. The lowest BCUT2D eigenvalue weighted by Crippen LogP contribution is -2.32. The number of nitrogens with two attached hydrogens (primary N) is 2. The van der Waals surface area contributed by atoms with Crippen LogP contribution in [0.2, 0.25) is 0 Å². The lowest BCUT2D eigenvalue weighted by Gasteiger charge is -2.12. The summed E-state index contributed by atoms with van der Waals surface area (Å²) in [6.07, 6.45) is 4.80. The van der Waals surface area contributed by atoms with Gasteiger partial charge in [0, 0.05) is 6.92 Å². The summed E-state index contributed by atoms with van der Waals surface area (Å²) in [5, 5.41) is 0. The van der Waals surface area contributed by atoms with Gasteiger partial charge < -0.3 is 16.2 Å². The fourth-order valence-electron chi connectivity index (χ4n) is 1.46.